The van der Waals surface area contributed by atoms with E-state index in [-0.39, 0.29) is 17.1 Å². The van der Waals surface area contributed by atoms with Crippen LogP contribution in [0.15, 0.2) is 23.3 Å². The molecule has 4 rings (SSSR count). The van der Waals surface area contributed by atoms with Gasteiger partial charge in [-0.25, -0.2) is 23.8 Å². The second-order valence-corrected chi connectivity index (χ2v) is 12.4. The van der Waals surface area contributed by atoms with Crippen molar-refractivity contribution >= 4 is 36.0 Å². The van der Waals surface area contributed by atoms with Crippen LogP contribution >= 0.6 is 19.1 Å². The summed E-state index contributed by atoms with van der Waals surface area (Å²) in [5.74, 6) is -1.03. The molecule has 0 aromatic carbocycles. The third-order valence-electron chi connectivity index (χ3n) is 6.47. The van der Waals surface area contributed by atoms with Gasteiger partial charge in [0.25, 0.3) is 0 Å². The van der Waals surface area contributed by atoms with Crippen molar-refractivity contribution in [3.8, 4) is 0 Å². The smallest absolute Gasteiger partial charge is 0.406 e. The first-order chi connectivity index (χ1) is 19.5. The molecule has 41 heavy (non-hydrogen) atoms. The van der Waals surface area contributed by atoms with Crippen molar-refractivity contribution in [3.63, 3.8) is 0 Å². The number of rotatable bonds is 12. The molecule has 0 bridgehead atoms. The Bertz CT molecular complexity index is 1340. The number of nitrogens with two attached hydrogens (primary N) is 1. The number of nitrogens with zero attached hydrogens (tertiary/aromatic N) is 4. The number of nitrogen functional groups attached to an aromatic ring is 1. The van der Waals surface area contributed by atoms with Gasteiger partial charge in [0.2, 0.25) is 5.95 Å². The summed E-state index contributed by atoms with van der Waals surface area (Å²) in [6.45, 7) is 0.304. The van der Waals surface area contributed by atoms with Crippen LogP contribution in [0.2, 0.25) is 0 Å². The molecule has 16 nitrogen and oxygen atoms in total. The van der Waals surface area contributed by atoms with E-state index in [2.05, 4.69) is 15.1 Å². The van der Waals surface area contributed by atoms with Crippen LogP contribution in [0, 0.1) is 10.1 Å². The van der Waals surface area contributed by atoms with Crippen molar-refractivity contribution in [2.75, 3.05) is 12.3 Å². The topological polar surface area (TPSA) is 220 Å². The van der Waals surface area contributed by atoms with Crippen LogP contribution < -0.4 is 16.5 Å². The van der Waals surface area contributed by atoms with Crippen molar-refractivity contribution in [2.45, 2.75) is 82.4 Å². The number of carbonyl (C=O) groups is 1. The lowest BCUT2D eigenvalue weighted by molar-refractivity contribution is -0.380. The number of thiophene rings is 1. The third-order valence-corrected chi connectivity index (χ3v) is 9.14. The summed E-state index contributed by atoms with van der Waals surface area (Å²) in [6.07, 6.45) is -2.02. The first kappa shape index (κ1) is 31.1. The summed E-state index contributed by atoms with van der Waals surface area (Å²) >= 11 is 0.787. The fraction of sp³-hybridized carbons (Fsp3) is 0.636. The molecule has 0 amide bonds. The second kappa shape index (κ2) is 13.4. The van der Waals surface area contributed by atoms with Crippen molar-refractivity contribution in [1.82, 2.24) is 19.6 Å². The molecule has 226 valence electrons. The molecule has 1 saturated heterocycles. The number of anilines is 1. The molecule has 0 radical (unpaired) electrons. The van der Waals surface area contributed by atoms with E-state index in [1.165, 1.54) is 19.1 Å². The van der Waals surface area contributed by atoms with Gasteiger partial charge in [-0.05, 0) is 38.7 Å². The number of aromatic nitrogens is 3. The van der Waals surface area contributed by atoms with Crippen molar-refractivity contribution in [2.24, 2.45) is 0 Å². The van der Waals surface area contributed by atoms with Gasteiger partial charge in [-0.15, -0.1) is 0 Å². The number of nitrogens with one attached hydrogen (secondary N) is 1. The Hall–Kier alpha value is -2.86. The number of nitro groups is 1. The Labute approximate surface area is 236 Å². The Kier molecular flexibility index (Phi) is 10.2. The van der Waals surface area contributed by atoms with Crippen LogP contribution in [-0.2, 0) is 34.5 Å². The SMILES string of the molecule is C[C@H](NP(=O)(OCc1ccc([N+](=O)[O-])s1)OC[C@H]1O[C@@H](n2cnc(N)nc2=O)C(F)C1O)C(=O)OC1CCCCC1. The molecule has 1 aliphatic heterocycles. The fourth-order valence-corrected chi connectivity index (χ4v) is 6.58. The molecule has 2 aliphatic rings. The summed E-state index contributed by atoms with van der Waals surface area (Å²) in [4.78, 5) is 42.6. The number of halogens is 1. The Morgan fingerprint density at radius 3 is 2.78 bits per heavy atom. The Balaban J connectivity index is 1.45. The van der Waals surface area contributed by atoms with Gasteiger partial charge in [-0.2, -0.15) is 4.98 Å². The minimum atomic E-state index is -4.41. The minimum Gasteiger partial charge on any atom is -0.461 e. The third kappa shape index (κ3) is 7.91. The van der Waals surface area contributed by atoms with Gasteiger partial charge >= 0.3 is 24.4 Å². The van der Waals surface area contributed by atoms with E-state index in [0.717, 1.165) is 36.9 Å². The van der Waals surface area contributed by atoms with Crippen molar-refractivity contribution < 1.29 is 42.3 Å². The van der Waals surface area contributed by atoms with Crippen molar-refractivity contribution in [3.05, 3.63) is 43.9 Å². The molecule has 2 aromatic rings. The molecular formula is C22H30FN6O10PS. The van der Waals surface area contributed by atoms with E-state index < -0.39 is 68.2 Å². The van der Waals surface area contributed by atoms with Gasteiger partial charge in [0.15, 0.2) is 12.4 Å². The van der Waals surface area contributed by atoms with Crippen LogP contribution in [0.4, 0.5) is 15.3 Å². The van der Waals surface area contributed by atoms with Crippen LogP contribution in [0.5, 0.6) is 0 Å². The monoisotopic (exact) mass is 620 g/mol. The number of hydrogen-bond acceptors (Lipinski definition) is 14. The fourth-order valence-electron chi connectivity index (χ4n) is 4.31. The number of hydrogen-bond donors (Lipinski definition) is 3. The number of aliphatic hydroxyl groups excluding tert-OH is 1. The summed E-state index contributed by atoms with van der Waals surface area (Å²) < 4.78 is 51.2. The largest absolute Gasteiger partial charge is 0.461 e. The molecule has 0 spiro atoms. The zero-order valence-corrected chi connectivity index (χ0v) is 23.6. The van der Waals surface area contributed by atoms with E-state index in [9.17, 15) is 33.8 Å². The van der Waals surface area contributed by atoms with Crippen molar-refractivity contribution in [1.29, 1.82) is 0 Å². The highest BCUT2D eigenvalue weighted by Gasteiger charge is 2.47. The predicted molar refractivity (Wildman–Crippen MR) is 140 cm³/mol. The first-order valence-electron chi connectivity index (χ1n) is 12.7. The second-order valence-electron chi connectivity index (χ2n) is 9.52. The lowest BCUT2D eigenvalue weighted by Crippen LogP contribution is -2.38. The Morgan fingerprint density at radius 2 is 2.12 bits per heavy atom. The highest BCUT2D eigenvalue weighted by molar-refractivity contribution is 7.51. The molecule has 1 saturated carbocycles. The maximum absolute atomic E-state index is 14.9. The normalized spacial score (nSPS) is 25.4. The summed E-state index contributed by atoms with van der Waals surface area (Å²) in [5.41, 5.74) is 4.39. The van der Waals surface area contributed by atoms with Gasteiger partial charge < -0.3 is 20.3 Å². The lowest BCUT2D eigenvalue weighted by Gasteiger charge is -2.26. The quantitative estimate of drug-likeness (QED) is 0.134. The highest BCUT2D eigenvalue weighted by Crippen LogP contribution is 2.47. The number of aliphatic hydroxyl groups is 1. The predicted octanol–water partition coefficient (Wildman–Crippen LogP) is 1.98. The molecule has 3 unspecified atom stereocenters. The van der Waals surface area contributed by atoms with E-state index in [4.69, 9.17) is 24.3 Å². The van der Waals surface area contributed by atoms with E-state index in [1.807, 2.05) is 0 Å². The van der Waals surface area contributed by atoms with Crippen LogP contribution in [0.1, 0.15) is 50.1 Å². The Morgan fingerprint density at radius 1 is 1.39 bits per heavy atom. The molecule has 4 N–H and O–H groups in total. The van der Waals surface area contributed by atoms with Gasteiger partial charge in [0.05, 0.1) is 18.1 Å². The summed E-state index contributed by atoms with van der Waals surface area (Å²) in [5, 5.41) is 23.7. The van der Waals surface area contributed by atoms with Gasteiger partial charge in [-0.1, -0.05) is 17.8 Å². The molecule has 2 fully saturated rings. The van der Waals surface area contributed by atoms with E-state index in [0.29, 0.717) is 22.3 Å². The maximum atomic E-state index is 14.9. The highest BCUT2D eigenvalue weighted by atomic mass is 32.1. The number of ether oxygens (including phenoxy) is 2. The number of carbonyl (C=O) groups excluding carboxylic acids is 1. The molecule has 3 heterocycles. The maximum Gasteiger partial charge on any atom is 0.406 e. The zero-order valence-electron chi connectivity index (χ0n) is 21.9. The molecular weight excluding hydrogens is 590 g/mol. The lowest BCUT2D eigenvalue weighted by atomic mass is 9.98. The van der Waals surface area contributed by atoms with Crippen LogP contribution in [0.3, 0.4) is 0 Å². The summed E-state index contributed by atoms with van der Waals surface area (Å²) in [7, 11) is -4.41. The van der Waals surface area contributed by atoms with Gasteiger partial charge in [0.1, 0.15) is 30.7 Å². The molecule has 19 heteroatoms. The minimum absolute atomic E-state index is 0.166. The van der Waals surface area contributed by atoms with E-state index in [1.54, 1.807) is 0 Å². The average molecular weight is 621 g/mol. The standard InChI is InChI=1S/C22H30FN6O10PS/c1-12(20(31)38-13-5-3-2-4-6-13)27-40(35,36-9-14-7-8-16(41-14)29(33)34)37-10-15-18(30)17(23)19(39-15)28-11-25-21(24)26-22(28)32/h7-8,11-13,15,17-19,30H,2-6,9-10H2,1H3,(H,27,35)(H2,24,26,32)/t12-,15+,17?,18?,19+,40?/m0/s1. The van der Waals surface area contributed by atoms with Crippen LogP contribution in [-0.4, -0.2) is 67.7 Å². The van der Waals surface area contributed by atoms with E-state index >= 15 is 0 Å². The molecule has 2 aromatic heterocycles. The first-order valence-corrected chi connectivity index (χ1v) is 15.1. The molecule has 6 atom stereocenters. The van der Waals surface area contributed by atoms with Gasteiger partial charge in [0, 0.05) is 10.9 Å². The zero-order chi connectivity index (χ0) is 29.7. The molecule has 1 aliphatic carbocycles. The van der Waals surface area contributed by atoms with Gasteiger partial charge in [-0.3, -0.25) is 28.5 Å². The average Bonchev–Trinajstić information content (AvgIpc) is 3.52. The number of esters is 1. The van der Waals surface area contributed by atoms with Crippen LogP contribution in [0.25, 0.3) is 0 Å². The number of alkyl halides is 1. The summed E-state index contributed by atoms with van der Waals surface area (Å²) in [6, 6.07) is 1.49.